The van der Waals surface area contributed by atoms with Crippen LogP contribution in [0, 0.1) is 5.92 Å². The number of nitrogens with one attached hydrogen (secondary N) is 1. The lowest BCUT2D eigenvalue weighted by Crippen LogP contribution is -2.27. The summed E-state index contributed by atoms with van der Waals surface area (Å²) in [5.74, 6) is 0.723. The highest BCUT2D eigenvalue weighted by Crippen LogP contribution is 2.27. The molecule has 0 aliphatic rings. The molecular weight excluding hydrogens is 266 g/mol. The largest absolute Gasteiger partial charge is 0.348 e. The van der Waals surface area contributed by atoms with Crippen LogP contribution < -0.4 is 10.2 Å². The Morgan fingerprint density at radius 3 is 2.40 bits per heavy atom. The fourth-order valence-electron chi connectivity index (χ4n) is 2.06. The summed E-state index contributed by atoms with van der Waals surface area (Å²) in [7, 11) is 0. The third-order valence-corrected chi connectivity index (χ3v) is 4.81. The minimum Gasteiger partial charge on any atom is -0.348 e. The molecule has 0 amide bonds. The summed E-state index contributed by atoms with van der Waals surface area (Å²) in [4.78, 5) is 8.70. The number of rotatable bonds is 9. The van der Waals surface area contributed by atoms with Crippen molar-refractivity contribution in [3.8, 4) is 0 Å². The fourth-order valence-corrected chi connectivity index (χ4v) is 3.24. The molecule has 0 fully saturated rings. The SMILES string of the molecule is CCc1nc(N(CC)CC(C)CC)sc1CNC(C)C. The highest BCUT2D eigenvalue weighted by Gasteiger charge is 2.16. The highest BCUT2D eigenvalue weighted by molar-refractivity contribution is 7.15. The van der Waals surface area contributed by atoms with Gasteiger partial charge in [0.1, 0.15) is 0 Å². The lowest BCUT2D eigenvalue weighted by atomic mass is 10.1. The van der Waals surface area contributed by atoms with Crippen LogP contribution in [0.4, 0.5) is 5.13 Å². The zero-order valence-corrected chi connectivity index (χ0v) is 14.8. The summed E-state index contributed by atoms with van der Waals surface area (Å²) in [5, 5.41) is 4.71. The van der Waals surface area contributed by atoms with E-state index in [4.69, 9.17) is 4.98 Å². The summed E-state index contributed by atoms with van der Waals surface area (Å²) in [6.07, 6.45) is 2.25. The number of hydrogen-bond acceptors (Lipinski definition) is 4. The van der Waals surface area contributed by atoms with E-state index in [2.05, 4.69) is 51.8 Å². The molecular formula is C16H31N3S. The Bertz CT molecular complexity index is 387. The van der Waals surface area contributed by atoms with E-state index in [1.165, 1.54) is 22.1 Å². The Labute approximate surface area is 128 Å². The molecule has 0 radical (unpaired) electrons. The molecule has 1 N–H and O–H groups in total. The smallest absolute Gasteiger partial charge is 0.185 e. The molecule has 1 aromatic heterocycles. The third kappa shape index (κ3) is 5.06. The van der Waals surface area contributed by atoms with Crippen LogP contribution in [0.2, 0.25) is 0 Å². The first-order chi connectivity index (χ1) is 9.51. The lowest BCUT2D eigenvalue weighted by molar-refractivity contribution is 0.547. The zero-order valence-electron chi connectivity index (χ0n) is 14.0. The van der Waals surface area contributed by atoms with Crippen LogP contribution in [-0.4, -0.2) is 24.1 Å². The highest BCUT2D eigenvalue weighted by atomic mass is 32.1. The van der Waals surface area contributed by atoms with Crippen LogP contribution >= 0.6 is 11.3 Å². The zero-order chi connectivity index (χ0) is 15.1. The molecule has 1 rings (SSSR count). The van der Waals surface area contributed by atoms with E-state index in [1.807, 2.05) is 11.3 Å². The van der Waals surface area contributed by atoms with Gasteiger partial charge in [0.25, 0.3) is 0 Å². The van der Waals surface area contributed by atoms with Crippen molar-refractivity contribution in [1.29, 1.82) is 0 Å². The number of hydrogen-bond donors (Lipinski definition) is 1. The maximum absolute atomic E-state index is 4.87. The summed E-state index contributed by atoms with van der Waals surface area (Å²) in [6, 6.07) is 0.521. The fraction of sp³-hybridized carbons (Fsp3) is 0.812. The van der Waals surface area contributed by atoms with Gasteiger partial charge in [-0.15, -0.1) is 11.3 Å². The first-order valence-corrected chi connectivity index (χ1v) is 8.80. The third-order valence-electron chi connectivity index (χ3n) is 3.65. The van der Waals surface area contributed by atoms with E-state index in [0.29, 0.717) is 6.04 Å². The molecule has 1 atom stereocenters. The van der Waals surface area contributed by atoms with Gasteiger partial charge in [0.05, 0.1) is 5.69 Å². The minimum atomic E-state index is 0.521. The Hall–Kier alpha value is -0.610. The molecule has 0 aliphatic carbocycles. The van der Waals surface area contributed by atoms with Crippen molar-refractivity contribution < 1.29 is 0 Å². The molecule has 0 saturated heterocycles. The Balaban J connectivity index is 2.83. The summed E-state index contributed by atoms with van der Waals surface area (Å²) < 4.78 is 0. The number of aromatic nitrogens is 1. The second kappa shape index (κ2) is 8.63. The molecule has 0 saturated carbocycles. The molecule has 0 aromatic carbocycles. The molecule has 0 aliphatic heterocycles. The molecule has 0 bridgehead atoms. The predicted molar refractivity (Wildman–Crippen MR) is 90.8 cm³/mol. The number of nitrogens with zero attached hydrogens (tertiary/aromatic N) is 2. The van der Waals surface area contributed by atoms with Gasteiger partial charge in [-0.3, -0.25) is 0 Å². The van der Waals surface area contributed by atoms with Gasteiger partial charge in [-0.2, -0.15) is 0 Å². The molecule has 20 heavy (non-hydrogen) atoms. The van der Waals surface area contributed by atoms with E-state index >= 15 is 0 Å². The molecule has 3 nitrogen and oxygen atoms in total. The minimum absolute atomic E-state index is 0.521. The number of aryl methyl sites for hydroxylation is 1. The maximum Gasteiger partial charge on any atom is 0.185 e. The molecule has 1 unspecified atom stereocenters. The van der Waals surface area contributed by atoms with Crippen molar-refractivity contribution in [1.82, 2.24) is 10.3 Å². The van der Waals surface area contributed by atoms with E-state index in [1.54, 1.807) is 0 Å². The summed E-state index contributed by atoms with van der Waals surface area (Å²) in [6.45, 7) is 16.5. The van der Waals surface area contributed by atoms with Gasteiger partial charge in [-0.25, -0.2) is 4.98 Å². The average Bonchev–Trinajstić information content (AvgIpc) is 2.85. The Morgan fingerprint density at radius 2 is 1.90 bits per heavy atom. The van der Waals surface area contributed by atoms with Crippen molar-refractivity contribution in [3.63, 3.8) is 0 Å². The maximum atomic E-state index is 4.87. The first-order valence-electron chi connectivity index (χ1n) is 7.98. The molecule has 4 heteroatoms. The monoisotopic (exact) mass is 297 g/mol. The van der Waals surface area contributed by atoms with E-state index in [9.17, 15) is 0 Å². The van der Waals surface area contributed by atoms with Crippen LogP contribution in [0.3, 0.4) is 0 Å². The lowest BCUT2D eigenvalue weighted by Gasteiger charge is -2.23. The van der Waals surface area contributed by atoms with Gasteiger partial charge < -0.3 is 10.2 Å². The van der Waals surface area contributed by atoms with Gasteiger partial charge in [-0.1, -0.05) is 41.0 Å². The predicted octanol–water partition coefficient (Wildman–Crippen LogP) is 4.08. The van der Waals surface area contributed by atoms with Crippen molar-refractivity contribution in [2.45, 2.75) is 67.0 Å². The van der Waals surface area contributed by atoms with Gasteiger partial charge in [-0.05, 0) is 19.3 Å². The van der Waals surface area contributed by atoms with Crippen LogP contribution in [0.5, 0.6) is 0 Å². The second-order valence-corrected chi connectivity index (χ2v) is 6.87. The van der Waals surface area contributed by atoms with Crippen LogP contribution in [0.15, 0.2) is 0 Å². The van der Waals surface area contributed by atoms with E-state index in [0.717, 1.165) is 32.0 Å². The van der Waals surface area contributed by atoms with E-state index in [-0.39, 0.29) is 0 Å². The van der Waals surface area contributed by atoms with Gasteiger partial charge in [0.15, 0.2) is 5.13 Å². The second-order valence-electron chi connectivity index (χ2n) is 5.81. The van der Waals surface area contributed by atoms with Crippen molar-refractivity contribution >= 4 is 16.5 Å². The van der Waals surface area contributed by atoms with Gasteiger partial charge in [0.2, 0.25) is 0 Å². The molecule has 1 aromatic rings. The Kier molecular flexibility index (Phi) is 7.52. The average molecular weight is 298 g/mol. The van der Waals surface area contributed by atoms with Gasteiger partial charge in [0, 0.05) is 30.6 Å². The molecule has 0 spiro atoms. The number of thiazole rings is 1. The van der Waals surface area contributed by atoms with E-state index < -0.39 is 0 Å². The van der Waals surface area contributed by atoms with Crippen molar-refractivity contribution in [2.24, 2.45) is 5.92 Å². The Morgan fingerprint density at radius 1 is 1.20 bits per heavy atom. The van der Waals surface area contributed by atoms with Crippen LogP contribution in [0.1, 0.15) is 58.5 Å². The first kappa shape index (κ1) is 17.4. The van der Waals surface area contributed by atoms with Crippen molar-refractivity contribution in [2.75, 3.05) is 18.0 Å². The molecule has 116 valence electrons. The van der Waals surface area contributed by atoms with Crippen molar-refractivity contribution in [3.05, 3.63) is 10.6 Å². The van der Waals surface area contributed by atoms with Crippen LogP contribution in [-0.2, 0) is 13.0 Å². The number of anilines is 1. The topological polar surface area (TPSA) is 28.2 Å². The van der Waals surface area contributed by atoms with Gasteiger partial charge >= 0.3 is 0 Å². The normalized spacial score (nSPS) is 12.9. The molecule has 1 heterocycles. The quantitative estimate of drug-likeness (QED) is 0.744. The summed E-state index contributed by atoms with van der Waals surface area (Å²) in [5.41, 5.74) is 1.26. The standard InChI is InChI=1S/C16H31N3S/c1-7-13(6)11-19(9-3)16-18-14(8-2)15(20-16)10-17-12(4)5/h12-13,17H,7-11H2,1-6H3. The summed E-state index contributed by atoms with van der Waals surface area (Å²) >= 11 is 1.86. The van der Waals surface area contributed by atoms with Crippen LogP contribution in [0.25, 0.3) is 0 Å².